The van der Waals surface area contributed by atoms with Gasteiger partial charge in [-0.25, -0.2) is 4.98 Å². The van der Waals surface area contributed by atoms with Gasteiger partial charge in [0, 0.05) is 5.38 Å². The summed E-state index contributed by atoms with van der Waals surface area (Å²) in [6.45, 7) is 2.16. The van der Waals surface area contributed by atoms with E-state index in [9.17, 15) is 0 Å². The molecule has 1 aliphatic rings. The molecular formula is C11H14N2S. The van der Waals surface area contributed by atoms with E-state index in [0.29, 0.717) is 0 Å². The summed E-state index contributed by atoms with van der Waals surface area (Å²) in [6, 6.07) is 2.43. The van der Waals surface area contributed by atoms with Crippen LogP contribution in [0.2, 0.25) is 0 Å². The molecule has 1 aromatic heterocycles. The van der Waals surface area contributed by atoms with Crippen molar-refractivity contribution in [2.24, 2.45) is 0 Å². The predicted molar refractivity (Wildman–Crippen MR) is 57.3 cm³/mol. The van der Waals surface area contributed by atoms with Crippen molar-refractivity contribution >= 4 is 11.3 Å². The zero-order valence-corrected chi connectivity index (χ0v) is 9.23. The Bertz CT molecular complexity index is 358. The van der Waals surface area contributed by atoms with Crippen molar-refractivity contribution < 1.29 is 0 Å². The second-order valence-electron chi connectivity index (χ2n) is 3.92. The lowest BCUT2D eigenvalue weighted by Gasteiger charge is -2.33. The van der Waals surface area contributed by atoms with Crippen LogP contribution in [-0.2, 0) is 11.8 Å². The van der Waals surface area contributed by atoms with E-state index in [-0.39, 0.29) is 5.41 Å². The molecule has 0 atom stereocenters. The summed E-state index contributed by atoms with van der Waals surface area (Å²) in [5, 5.41) is 12.4. The lowest BCUT2D eigenvalue weighted by Crippen LogP contribution is -2.32. The van der Waals surface area contributed by atoms with Gasteiger partial charge in [-0.05, 0) is 32.1 Å². The second kappa shape index (κ2) is 3.70. The van der Waals surface area contributed by atoms with Crippen molar-refractivity contribution in [1.82, 2.24) is 4.98 Å². The molecule has 0 aromatic carbocycles. The molecule has 2 rings (SSSR count). The summed E-state index contributed by atoms with van der Waals surface area (Å²) in [4.78, 5) is 4.56. The topological polar surface area (TPSA) is 36.7 Å². The average Bonchev–Trinajstić information content (AvgIpc) is 2.54. The normalized spacial score (nSPS) is 18.6. The van der Waals surface area contributed by atoms with Crippen molar-refractivity contribution in [2.45, 2.75) is 44.4 Å². The third-order valence-corrected chi connectivity index (χ3v) is 3.84. The molecule has 1 aromatic rings. The zero-order chi connectivity index (χ0) is 10.0. The van der Waals surface area contributed by atoms with Gasteiger partial charge in [0.15, 0.2) is 0 Å². The molecule has 3 heteroatoms. The molecule has 74 valence electrons. The van der Waals surface area contributed by atoms with Crippen LogP contribution in [0.15, 0.2) is 5.38 Å². The zero-order valence-electron chi connectivity index (χ0n) is 8.42. The maximum atomic E-state index is 9.14. The molecule has 0 amide bonds. The SMILES string of the molecule is CCCc1nc(C2(C#N)CCC2)cs1. The largest absolute Gasteiger partial charge is 0.245 e. The number of hydrogen-bond acceptors (Lipinski definition) is 3. The minimum absolute atomic E-state index is 0.220. The number of aryl methyl sites for hydroxylation is 1. The highest BCUT2D eigenvalue weighted by Crippen LogP contribution is 2.43. The Hall–Kier alpha value is -0.880. The first-order valence-corrected chi connectivity index (χ1v) is 6.05. The Morgan fingerprint density at radius 3 is 2.93 bits per heavy atom. The standard InChI is InChI=1S/C11H14N2S/c1-2-4-10-13-9(7-14-10)11(8-12)5-3-6-11/h7H,2-6H2,1H3. The van der Waals surface area contributed by atoms with E-state index in [1.807, 2.05) is 0 Å². The molecule has 0 unspecified atom stereocenters. The fourth-order valence-corrected chi connectivity index (χ4v) is 2.81. The third-order valence-electron chi connectivity index (χ3n) is 2.93. The molecule has 0 spiro atoms. The summed E-state index contributed by atoms with van der Waals surface area (Å²) in [5.74, 6) is 0. The Morgan fingerprint density at radius 1 is 1.64 bits per heavy atom. The van der Waals surface area contributed by atoms with Crippen LogP contribution in [0.3, 0.4) is 0 Å². The maximum Gasteiger partial charge on any atom is 0.100 e. The van der Waals surface area contributed by atoms with E-state index < -0.39 is 0 Å². The van der Waals surface area contributed by atoms with E-state index in [2.05, 4.69) is 23.4 Å². The van der Waals surface area contributed by atoms with Crippen LogP contribution < -0.4 is 0 Å². The van der Waals surface area contributed by atoms with Gasteiger partial charge in [-0.1, -0.05) is 6.92 Å². The van der Waals surface area contributed by atoms with Crippen LogP contribution in [0, 0.1) is 11.3 Å². The Morgan fingerprint density at radius 2 is 2.43 bits per heavy atom. The summed E-state index contributed by atoms with van der Waals surface area (Å²) in [7, 11) is 0. The highest BCUT2D eigenvalue weighted by Gasteiger charge is 2.40. The predicted octanol–water partition coefficient (Wildman–Crippen LogP) is 3.04. The van der Waals surface area contributed by atoms with Crippen LogP contribution in [0.5, 0.6) is 0 Å². The van der Waals surface area contributed by atoms with Gasteiger partial charge >= 0.3 is 0 Å². The van der Waals surface area contributed by atoms with Crippen LogP contribution in [0.1, 0.15) is 43.3 Å². The van der Waals surface area contributed by atoms with Crippen LogP contribution in [0.25, 0.3) is 0 Å². The Labute approximate surface area is 88.6 Å². The number of rotatable bonds is 3. The van der Waals surface area contributed by atoms with Gasteiger partial charge in [-0.15, -0.1) is 11.3 Å². The highest BCUT2D eigenvalue weighted by atomic mass is 32.1. The molecule has 1 saturated carbocycles. The highest BCUT2D eigenvalue weighted by molar-refractivity contribution is 7.09. The minimum Gasteiger partial charge on any atom is -0.245 e. The minimum atomic E-state index is -0.220. The van der Waals surface area contributed by atoms with E-state index in [1.54, 1.807) is 11.3 Å². The first kappa shape index (κ1) is 9.67. The number of nitrogens with zero attached hydrogens (tertiary/aromatic N) is 2. The van der Waals surface area contributed by atoms with Crippen molar-refractivity contribution in [1.29, 1.82) is 5.26 Å². The monoisotopic (exact) mass is 206 g/mol. The second-order valence-corrected chi connectivity index (χ2v) is 4.87. The molecule has 0 aliphatic heterocycles. The van der Waals surface area contributed by atoms with Crippen LogP contribution in [-0.4, -0.2) is 4.98 Å². The van der Waals surface area contributed by atoms with Crippen molar-refractivity contribution in [2.75, 3.05) is 0 Å². The van der Waals surface area contributed by atoms with Gasteiger partial charge < -0.3 is 0 Å². The molecule has 14 heavy (non-hydrogen) atoms. The van der Waals surface area contributed by atoms with Gasteiger partial charge in [0.05, 0.1) is 16.8 Å². The van der Waals surface area contributed by atoms with Crippen molar-refractivity contribution in [3.63, 3.8) is 0 Å². The van der Waals surface area contributed by atoms with Gasteiger partial charge in [0.25, 0.3) is 0 Å². The first-order chi connectivity index (χ1) is 6.80. The van der Waals surface area contributed by atoms with Crippen LogP contribution >= 0.6 is 11.3 Å². The molecule has 1 heterocycles. The fourth-order valence-electron chi connectivity index (χ4n) is 1.81. The summed E-state index contributed by atoms with van der Waals surface area (Å²) in [6.07, 6.45) is 5.35. The molecule has 0 bridgehead atoms. The fraction of sp³-hybridized carbons (Fsp3) is 0.636. The third kappa shape index (κ3) is 1.44. The first-order valence-electron chi connectivity index (χ1n) is 5.17. The lowest BCUT2D eigenvalue weighted by molar-refractivity contribution is 0.317. The smallest absolute Gasteiger partial charge is 0.100 e. The number of thiazole rings is 1. The Balaban J connectivity index is 2.20. The van der Waals surface area contributed by atoms with Gasteiger partial charge in [-0.2, -0.15) is 5.26 Å². The lowest BCUT2D eigenvalue weighted by atomic mass is 9.68. The summed E-state index contributed by atoms with van der Waals surface area (Å²) < 4.78 is 0. The summed E-state index contributed by atoms with van der Waals surface area (Å²) >= 11 is 1.70. The number of nitriles is 1. The average molecular weight is 206 g/mol. The van der Waals surface area contributed by atoms with Crippen molar-refractivity contribution in [3.05, 3.63) is 16.1 Å². The van der Waals surface area contributed by atoms with Crippen molar-refractivity contribution in [3.8, 4) is 6.07 Å². The molecule has 2 nitrogen and oxygen atoms in total. The van der Waals surface area contributed by atoms with Gasteiger partial charge in [-0.3, -0.25) is 0 Å². The van der Waals surface area contributed by atoms with E-state index in [0.717, 1.165) is 31.4 Å². The summed E-state index contributed by atoms with van der Waals surface area (Å²) in [5.41, 5.74) is 0.808. The molecule has 0 N–H and O–H groups in total. The molecule has 0 saturated heterocycles. The van der Waals surface area contributed by atoms with Gasteiger partial charge in [0.1, 0.15) is 5.41 Å². The van der Waals surface area contributed by atoms with E-state index in [1.165, 1.54) is 11.4 Å². The number of hydrogen-bond donors (Lipinski definition) is 0. The molecule has 1 fully saturated rings. The molecule has 0 radical (unpaired) electrons. The van der Waals surface area contributed by atoms with Gasteiger partial charge in [0.2, 0.25) is 0 Å². The molecule has 1 aliphatic carbocycles. The quantitative estimate of drug-likeness (QED) is 0.762. The maximum absolute atomic E-state index is 9.14. The van der Waals surface area contributed by atoms with E-state index >= 15 is 0 Å². The van der Waals surface area contributed by atoms with Crippen LogP contribution in [0.4, 0.5) is 0 Å². The number of aromatic nitrogens is 1. The Kier molecular flexibility index (Phi) is 2.56. The van der Waals surface area contributed by atoms with E-state index in [4.69, 9.17) is 5.26 Å². The molecular weight excluding hydrogens is 192 g/mol.